The fourth-order valence-corrected chi connectivity index (χ4v) is 1.35. The van der Waals surface area contributed by atoms with E-state index in [4.69, 9.17) is 10.8 Å². The van der Waals surface area contributed by atoms with Gasteiger partial charge in [-0.2, -0.15) is 5.10 Å². The van der Waals surface area contributed by atoms with Crippen LogP contribution < -0.4 is 5.73 Å². The molecule has 5 heteroatoms. The maximum Gasteiger partial charge on any atom is 0.305 e. The van der Waals surface area contributed by atoms with E-state index in [2.05, 4.69) is 5.10 Å². The first-order valence-corrected chi connectivity index (χ1v) is 4.49. The number of carboxylic acid groups (broad SMARTS) is 1. The third-order valence-corrected chi connectivity index (χ3v) is 2.32. The van der Waals surface area contributed by atoms with Gasteiger partial charge in [0.25, 0.3) is 0 Å². The minimum Gasteiger partial charge on any atom is -0.481 e. The summed E-state index contributed by atoms with van der Waals surface area (Å²) in [6.45, 7) is 1.86. The lowest BCUT2D eigenvalue weighted by atomic mass is 9.90. The fourth-order valence-electron chi connectivity index (χ4n) is 1.35. The van der Waals surface area contributed by atoms with Crippen LogP contribution in [0.1, 0.15) is 25.5 Å². The van der Waals surface area contributed by atoms with Crippen molar-refractivity contribution in [2.24, 2.45) is 12.8 Å². The molecule has 0 saturated carbocycles. The second kappa shape index (κ2) is 3.79. The van der Waals surface area contributed by atoms with Crippen LogP contribution in [0.5, 0.6) is 0 Å². The quantitative estimate of drug-likeness (QED) is 0.734. The Hall–Kier alpha value is -1.36. The van der Waals surface area contributed by atoms with E-state index in [1.54, 1.807) is 24.0 Å². The van der Waals surface area contributed by atoms with E-state index in [0.717, 1.165) is 0 Å². The number of aryl methyl sites for hydroxylation is 1. The molecule has 14 heavy (non-hydrogen) atoms. The second-order valence-corrected chi connectivity index (χ2v) is 3.45. The van der Waals surface area contributed by atoms with E-state index < -0.39 is 11.5 Å². The van der Waals surface area contributed by atoms with Crippen molar-refractivity contribution in [1.82, 2.24) is 9.78 Å². The van der Waals surface area contributed by atoms with Crippen LogP contribution in [-0.2, 0) is 17.4 Å². The van der Waals surface area contributed by atoms with Crippen molar-refractivity contribution in [2.45, 2.75) is 25.3 Å². The molecule has 3 N–H and O–H groups in total. The summed E-state index contributed by atoms with van der Waals surface area (Å²) in [6, 6.07) is 1.76. The molecule has 1 aromatic rings. The summed E-state index contributed by atoms with van der Waals surface area (Å²) >= 11 is 0. The van der Waals surface area contributed by atoms with Gasteiger partial charge in [-0.05, 0) is 12.5 Å². The van der Waals surface area contributed by atoms with Crippen LogP contribution in [0.15, 0.2) is 12.3 Å². The van der Waals surface area contributed by atoms with E-state index >= 15 is 0 Å². The largest absolute Gasteiger partial charge is 0.481 e. The van der Waals surface area contributed by atoms with Gasteiger partial charge < -0.3 is 10.8 Å². The maximum atomic E-state index is 10.6. The average molecular weight is 197 g/mol. The summed E-state index contributed by atoms with van der Waals surface area (Å²) in [5.41, 5.74) is 5.75. The second-order valence-electron chi connectivity index (χ2n) is 3.45. The van der Waals surface area contributed by atoms with Crippen molar-refractivity contribution >= 4 is 5.97 Å². The molecule has 0 radical (unpaired) electrons. The van der Waals surface area contributed by atoms with Crippen LogP contribution in [0.3, 0.4) is 0 Å². The van der Waals surface area contributed by atoms with Gasteiger partial charge in [0.1, 0.15) is 0 Å². The Balaban J connectivity index is 2.94. The van der Waals surface area contributed by atoms with Crippen molar-refractivity contribution < 1.29 is 9.90 Å². The van der Waals surface area contributed by atoms with Crippen molar-refractivity contribution in [3.63, 3.8) is 0 Å². The zero-order valence-electron chi connectivity index (χ0n) is 8.40. The molecule has 0 bridgehead atoms. The fraction of sp³-hybridized carbons (Fsp3) is 0.556. The number of aliphatic carboxylic acids is 1. The molecule has 0 fully saturated rings. The van der Waals surface area contributed by atoms with Gasteiger partial charge in [0.2, 0.25) is 0 Å². The number of nitrogens with zero attached hydrogens (tertiary/aromatic N) is 2. The van der Waals surface area contributed by atoms with Crippen LogP contribution in [0, 0.1) is 0 Å². The molecule has 0 amide bonds. The minimum atomic E-state index is -0.903. The lowest BCUT2D eigenvalue weighted by Gasteiger charge is -2.23. The Kier molecular flexibility index (Phi) is 2.90. The van der Waals surface area contributed by atoms with Crippen LogP contribution in [0.2, 0.25) is 0 Å². The summed E-state index contributed by atoms with van der Waals surface area (Å²) in [4.78, 5) is 10.6. The summed E-state index contributed by atoms with van der Waals surface area (Å²) < 4.78 is 1.62. The van der Waals surface area contributed by atoms with E-state index in [1.165, 1.54) is 0 Å². The number of nitrogens with two attached hydrogens (primary N) is 1. The number of hydrogen-bond acceptors (Lipinski definition) is 3. The number of carboxylic acids is 1. The normalized spacial score (nSPS) is 15.1. The molecule has 1 atom stereocenters. The molecule has 0 aromatic carbocycles. The third-order valence-electron chi connectivity index (χ3n) is 2.32. The number of hydrogen-bond donors (Lipinski definition) is 2. The molecule has 0 spiro atoms. The van der Waals surface area contributed by atoms with Gasteiger partial charge in [-0.1, -0.05) is 6.92 Å². The smallest absolute Gasteiger partial charge is 0.305 e. The number of rotatable bonds is 4. The van der Waals surface area contributed by atoms with Gasteiger partial charge in [-0.15, -0.1) is 0 Å². The molecular formula is C9H15N3O2. The topological polar surface area (TPSA) is 81.1 Å². The molecule has 0 unspecified atom stereocenters. The Morgan fingerprint density at radius 1 is 1.79 bits per heavy atom. The highest BCUT2D eigenvalue weighted by Gasteiger charge is 2.30. The molecule has 78 valence electrons. The summed E-state index contributed by atoms with van der Waals surface area (Å²) in [7, 11) is 1.78. The highest BCUT2D eigenvalue weighted by molar-refractivity contribution is 5.68. The van der Waals surface area contributed by atoms with Gasteiger partial charge in [-0.3, -0.25) is 9.48 Å². The van der Waals surface area contributed by atoms with Crippen LogP contribution in [0.25, 0.3) is 0 Å². The van der Waals surface area contributed by atoms with Gasteiger partial charge >= 0.3 is 5.97 Å². The molecule has 0 aliphatic rings. The van der Waals surface area contributed by atoms with Crippen LogP contribution in [0.4, 0.5) is 0 Å². The lowest BCUT2D eigenvalue weighted by molar-refractivity contribution is -0.138. The molecule has 5 nitrogen and oxygen atoms in total. The van der Waals surface area contributed by atoms with Gasteiger partial charge in [0, 0.05) is 13.2 Å². The first-order valence-electron chi connectivity index (χ1n) is 4.49. The van der Waals surface area contributed by atoms with E-state index in [-0.39, 0.29) is 6.42 Å². The van der Waals surface area contributed by atoms with E-state index in [1.807, 2.05) is 6.92 Å². The third kappa shape index (κ3) is 2.11. The molecule has 0 aliphatic heterocycles. The lowest BCUT2D eigenvalue weighted by Crippen LogP contribution is -2.38. The zero-order chi connectivity index (χ0) is 10.8. The molecule has 1 rings (SSSR count). The van der Waals surface area contributed by atoms with Gasteiger partial charge in [-0.25, -0.2) is 0 Å². The first kappa shape index (κ1) is 10.7. The Bertz CT molecular complexity index is 335. The standard InChI is InChI=1S/C9H15N3O2/c1-3-9(10,6-8(13)14)7-4-5-12(2)11-7/h4-5H,3,6,10H2,1-2H3,(H,13,14)/t9-/m0/s1. The van der Waals surface area contributed by atoms with Crippen molar-refractivity contribution in [3.8, 4) is 0 Å². The number of carbonyl (C=O) groups is 1. The predicted molar refractivity (Wildman–Crippen MR) is 51.6 cm³/mol. The molecular weight excluding hydrogens is 182 g/mol. The van der Waals surface area contributed by atoms with Crippen molar-refractivity contribution in [1.29, 1.82) is 0 Å². The summed E-state index contributed by atoms with van der Waals surface area (Å²) in [5.74, 6) is -0.903. The van der Waals surface area contributed by atoms with Crippen molar-refractivity contribution in [3.05, 3.63) is 18.0 Å². The van der Waals surface area contributed by atoms with E-state index in [9.17, 15) is 4.79 Å². The molecule has 0 saturated heterocycles. The first-order chi connectivity index (χ1) is 6.48. The highest BCUT2D eigenvalue weighted by Crippen LogP contribution is 2.23. The van der Waals surface area contributed by atoms with Crippen LogP contribution >= 0.6 is 0 Å². The predicted octanol–water partition coefficient (Wildman–Crippen LogP) is 0.459. The minimum absolute atomic E-state index is 0.0967. The van der Waals surface area contributed by atoms with Crippen molar-refractivity contribution in [2.75, 3.05) is 0 Å². The van der Waals surface area contributed by atoms with Gasteiger partial charge in [0.05, 0.1) is 17.7 Å². The zero-order valence-corrected chi connectivity index (χ0v) is 8.40. The Labute approximate surface area is 82.5 Å². The maximum absolute atomic E-state index is 10.6. The molecule has 1 heterocycles. The Morgan fingerprint density at radius 3 is 2.79 bits per heavy atom. The highest BCUT2D eigenvalue weighted by atomic mass is 16.4. The summed E-state index contributed by atoms with van der Waals surface area (Å²) in [6.07, 6.45) is 2.21. The monoisotopic (exact) mass is 197 g/mol. The van der Waals surface area contributed by atoms with Gasteiger partial charge in [0.15, 0.2) is 0 Å². The number of aromatic nitrogens is 2. The van der Waals surface area contributed by atoms with Crippen LogP contribution in [-0.4, -0.2) is 20.9 Å². The molecule has 1 aromatic heterocycles. The Morgan fingerprint density at radius 2 is 2.43 bits per heavy atom. The van der Waals surface area contributed by atoms with E-state index in [0.29, 0.717) is 12.1 Å². The summed E-state index contributed by atoms with van der Waals surface area (Å²) in [5, 5.41) is 12.9. The molecule has 0 aliphatic carbocycles. The average Bonchev–Trinajstić information content (AvgIpc) is 2.51. The SMILES string of the molecule is CC[C@](N)(CC(=O)O)c1ccn(C)n1.